The molecule has 1 aromatic rings. The minimum atomic E-state index is -0.108. The Morgan fingerprint density at radius 2 is 1.62 bits per heavy atom. The third-order valence-corrected chi connectivity index (χ3v) is 3.55. The van der Waals surface area contributed by atoms with Gasteiger partial charge in [0.15, 0.2) is 5.96 Å². The van der Waals surface area contributed by atoms with Crippen molar-refractivity contribution >= 4 is 78.7 Å². The van der Waals surface area contributed by atoms with Crippen LogP contribution in [0.25, 0.3) is 0 Å². The summed E-state index contributed by atoms with van der Waals surface area (Å²) in [5.41, 5.74) is 16.7. The number of aliphatic imine (C=N–C) groups is 2. The normalized spacial score (nSPS) is 11.3. The highest BCUT2D eigenvalue weighted by molar-refractivity contribution is 14.1. The molecule has 8 heteroatoms. The summed E-state index contributed by atoms with van der Waals surface area (Å²) in [4.78, 5) is 7.81. The van der Waals surface area contributed by atoms with Crippen LogP contribution in [0.5, 0.6) is 0 Å². The number of nitrogens with two attached hydrogens (primary N) is 3. The SMILES string of the molecule is NC(N)=NC(N)=Nc1c(I)cc(Br)cc1I. The van der Waals surface area contributed by atoms with Gasteiger partial charge in [-0.2, -0.15) is 4.99 Å². The highest BCUT2D eigenvalue weighted by atomic mass is 127. The van der Waals surface area contributed by atoms with Gasteiger partial charge in [-0.05, 0) is 57.3 Å². The first-order valence-electron chi connectivity index (χ1n) is 3.98. The number of halogens is 3. The molecular formula is C8H8BrI2N5. The summed E-state index contributed by atoms with van der Waals surface area (Å²) in [6.45, 7) is 0. The van der Waals surface area contributed by atoms with E-state index < -0.39 is 0 Å². The van der Waals surface area contributed by atoms with E-state index in [9.17, 15) is 0 Å². The summed E-state index contributed by atoms with van der Waals surface area (Å²) in [6, 6.07) is 3.87. The highest BCUT2D eigenvalue weighted by Gasteiger charge is 2.06. The molecule has 5 nitrogen and oxygen atoms in total. The highest BCUT2D eigenvalue weighted by Crippen LogP contribution is 2.31. The van der Waals surface area contributed by atoms with Gasteiger partial charge in [-0.1, -0.05) is 15.9 Å². The zero-order valence-corrected chi connectivity index (χ0v) is 13.8. The average molecular weight is 508 g/mol. The van der Waals surface area contributed by atoms with Crippen molar-refractivity contribution in [2.45, 2.75) is 0 Å². The molecule has 0 atom stereocenters. The summed E-state index contributed by atoms with van der Waals surface area (Å²) in [7, 11) is 0. The molecule has 86 valence electrons. The number of nitrogens with zero attached hydrogens (tertiary/aromatic N) is 2. The van der Waals surface area contributed by atoms with Crippen molar-refractivity contribution in [3.8, 4) is 0 Å². The predicted octanol–water partition coefficient (Wildman–Crippen LogP) is 1.88. The third-order valence-electron chi connectivity index (χ3n) is 1.45. The lowest BCUT2D eigenvalue weighted by atomic mass is 10.3. The van der Waals surface area contributed by atoms with Crippen LogP contribution in [0.15, 0.2) is 26.6 Å². The number of benzene rings is 1. The van der Waals surface area contributed by atoms with Crippen LogP contribution in [0.3, 0.4) is 0 Å². The summed E-state index contributed by atoms with van der Waals surface area (Å²) in [5, 5.41) is 0. The van der Waals surface area contributed by atoms with Gasteiger partial charge >= 0.3 is 0 Å². The van der Waals surface area contributed by atoms with Crippen LogP contribution in [0, 0.1) is 7.14 Å². The number of rotatable bonds is 1. The smallest absolute Gasteiger partial charge is 0.223 e. The predicted molar refractivity (Wildman–Crippen MR) is 86.7 cm³/mol. The summed E-state index contributed by atoms with van der Waals surface area (Å²) in [5.74, 6) is -0.0680. The van der Waals surface area contributed by atoms with Crippen LogP contribution in [-0.4, -0.2) is 11.9 Å². The number of guanidine groups is 2. The Bertz CT molecular complexity index is 444. The number of hydrogen-bond acceptors (Lipinski definition) is 1. The molecule has 0 spiro atoms. The van der Waals surface area contributed by atoms with Gasteiger partial charge < -0.3 is 17.2 Å². The van der Waals surface area contributed by atoms with Crippen molar-refractivity contribution in [1.82, 2.24) is 0 Å². The molecule has 0 aromatic heterocycles. The van der Waals surface area contributed by atoms with Crippen molar-refractivity contribution in [2.24, 2.45) is 27.2 Å². The van der Waals surface area contributed by atoms with E-state index in [1.54, 1.807) is 0 Å². The van der Waals surface area contributed by atoms with E-state index in [4.69, 9.17) is 17.2 Å². The van der Waals surface area contributed by atoms with Crippen molar-refractivity contribution in [3.63, 3.8) is 0 Å². The molecule has 0 amide bonds. The van der Waals surface area contributed by atoms with E-state index in [1.165, 1.54) is 0 Å². The van der Waals surface area contributed by atoms with Crippen LogP contribution < -0.4 is 17.2 Å². The molecule has 1 aromatic carbocycles. The minimum absolute atomic E-state index is 0.0400. The Labute approximate surface area is 128 Å². The fourth-order valence-electron chi connectivity index (χ4n) is 0.913. The van der Waals surface area contributed by atoms with Crippen molar-refractivity contribution in [3.05, 3.63) is 23.7 Å². The average Bonchev–Trinajstić information content (AvgIpc) is 2.09. The van der Waals surface area contributed by atoms with E-state index >= 15 is 0 Å². The lowest BCUT2D eigenvalue weighted by Crippen LogP contribution is -2.26. The van der Waals surface area contributed by atoms with E-state index in [1.807, 2.05) is 12.1 Å². The van der Waals surface area contributed by atoms with Gasteiger partial charge in [0.2, 0.25) is 5.96 Å². The molecule has 0 radical (unpaired) electrons. The van der Waals surface area contributed by atoms with Gasteiger partial charge in [0.05, 0.1) is 5.69 Å². The molecule has 0 saturated heterocycles. The summed E-state index contributed by atoms with van der Waals surface area (Å²) in [6.07, 6.45) is 0. The Hall–Kier alpha value is -0.100. The van der Waals surface area contributed by atoms with Crippen molar-refractivity contribution in [2.75, 3.05) is 0 Å². The van der Waals surface area contributed by atoms with Gasteiger partial charge in [0.25, 0.3) is 0 Å². The quantitative estimate of drug-likeness (QED) is 0.307. The van der Waals surface area contributed by atoms with Gasteiger partial charge in [-0.3, -0.25) is 0 Å². The summed E-state index contributed by atoms with van der Waals surface area (Å²) < 4.78 is 2.91. The monoisotopic (exact) mass is 507 g/mol. The van der Waals surface area contributed by atoms with E-state index in [0.717, 1.165) is 17.3 Å². The number of hydrogen-bond donors (Lipinski definition) is 3. The maximum atomic E-state index is 5.57. The van der Waals surface area contributed by atoms with Gasteiger partial charge in [-0.25, -0.2) is 4.99 Å². The molecule has 0 aliphatic heterocycles. The van der Waals surface area contributed by atoms with E-state index in [2.05, 4.69) is 71.1 Å². The van der Waals surface area contributed by atoms with Gasteiger partial charge in [-0.15, -0.1) is 0 Å². The van der Waals surface area contributed by atoms with Crippen LogP contribution in [0.1, 0.15) is 0 Å². The Kier molecular flexibility index (Phi) is 5.24. The molecule has 0 aliphatic carbocycles. The van der Waals surface area contributed by atoms with Gasteiger partial charge in [0.1, 0.15) is 0 Å². The van der Waals surface area contributed by atoms with Crippen LogP contribution in [-0.2, 0) is 0 Å². The Morgan fingerprint density at radius 3 is 2.06 bits per heavy atom. The fourth-order valence-corrected chi connectivity index (χ4v) is 4.24. The maximum absolute atomic E-state index is 5.57. The molecule has 0 heterocycles. The van der Waals surface area contributed by atoms with Crippen molar-refractivity contribution < 1.29 is 0 Å². The molecule has 1 rings (SSSR count). The molecule has 16 heavy (non-hydrogen) atoms. The molecule has 0 aliphatic rings. The van der Waals surface area contributed by atoms with Gasteiger partial charge in [0, 0.05) is 11.6 Å². The fraction of sp³-hybridized carbons (Fsp3) is 0. The van der Waals surface area contributed by atoms with E-state index in [-0.39, 0.29) is 11.9 Å². The molecule has 0 saturated carbocycles. The molecule has 6 N–H and O–H groups in total. The second kappa shape index (κ2) is 6.00. The van der Waals surface area contributed by atoms with Crippen LogP contribution >= 0.6 is 61.1 Å². The van der Waals surface area contributed by atoms with Crippen LogP contribution in [0.2, 0.25) is 0 Å². The van der Waals surface area contributed by atoms with Crippen LogP contribution in [0.4, 0.5) is 5.69 Å². The molecule has 0 unspecified atom stereocenters. The topological polar surface area (TPSA) is 103 Å². The lowest BCUT2D eigenvalue weighted by molar-refractivity contribution is 1.35. The Balaban J connectivity index is 3.20. The lowest BCUT2D eigenvalue weighted by Gasteiger charge is -2.03. The first kappa shape index (κ1) is 14.0. The maximum Gasteiger partial charge on any atom is 0.223 e. The largest absolute Gasteiger partial charge is 0.370 e. The molecule has 0 bridgehead atoms. The second-order valence-electron chi connectivity index (χ2n) is 2.72. The zero-order valence-electron chi connectivity index (χ0n) is 7.92. The minimum Gasteiger partial charge on any atom is -0.370 e. The Morgan fingerprint density at radius 1 is 1.12 bits per heavy atom. The standard InChI is InChI=1S/C8H8BrI2N5/c9-3-1-4(10)6(5(11)2-3)15-8(14)16-7(12)13/h1-2H,(H6,12,13,14,15,16). The first-order valence-corrected chi connectivity index (χ1v) is 6.93. The van der Waals surface area contributed by atoms with Crippen molar-refractivity contribution in [1.29, 1.82) is 0 Å². The third kappa shape index (κ3) is 4.05. The zero-order chi connectivity index (χ0) is 12.3. The summed E-state index contributed by atoms with van der Waals surface area (Å²) >= 11 is 7.74. The second-order valence-corrected chi connectivity index (χ2v) is 5.96. The first-order chi connectivity index (χ1) is 7.40. The molecular weight excluding hydrogens is 500 g/mol. The van der Waals surface area contributed by atoms with E-state index in [0.29, 0.717) is 0 Å². The molecule has 0 fully saturated rings.